The maximum atomic E-state index is 12.4. The second-order valence-corrected chi connectivity index (χ2v) is 5.95. The molecule has 0 aliphatic carbocycles. The van der Waals surface area contributed by atoms with Crippen LogP contribution in [0.2, 0.25) is 0 Å². The molecule has 6 nitrogen and oxygen atoms in total. The summed E-state index contributed by atoms with van der Waals surface area (Å²) in [6, 6.07) is 9.87. The van der Waals surface area contributed by atoms with Crippen molar-refractivity contribution in [3.63, 3.8) is 0 Å². The van der Waals surface area contributed by atoms with Crippen LogP contribution in [0.25, 0.3) is 6.08 Å². The van der Waals surface area contributed by atoms with Crippen molar-refractivity contribution in [1.29, 1.82) is 0 Å². The maximum Gasteiger partial charge on any atom is 0.246 e. The summed E-state index contributed by atoms with van der Waals surface area (Å²) in [5.74, 6) is -0.0983. The number of amides is 1. The van der Waals surface area contributed by atoms with Gasteiger partial charge in [0.15, 0.2) is 0 Å². The third-order valence-corrected chi connectivity index (χ3v) is 4.14. The molecule has 2 N–H and O–H groups in total. The number of imidazole rings is 1. The fourth-order valence-electron chi connectivity index (χ4n) is 2.88. The van der Waals surface area contributed by atoms with E-state index in [0.29, 0.717) is 26.1 Å². The number of morpholine rings is 1. The molecule has 1 aromatic heterocycles. The number of carbonyl (C=O) groups is 1. The molecule has 1 saturated heterocycles. The van der Waals surface area contributed by atoms with Crippen LogP contribution in [0.15, 0.2) is 48.9 Å². The Kier molecular flexibility index (Phi) is 5.08. The van der Waals surface area contributed by atoms with Gasteiger partial charge in [-0.15, -0.1) is 0 Å². The second kappa shape index (κ2) is 7.42. The summed E-state index contributed by atoms with van der Waals surface area (Å²) in [5, 5.41) is 9.89. The van der Waals surface area contributed by atoms with Gasteiger partial charge < -0.3 is 19.7 Å². The lowest BCUT2D eigenvalue weighted by Crippen LogP contribution is -2.56. The predicted molar refractivity (Wildman–Crippen MR) is 90.1 cm³/mol. The number of nitrogens with one attached hydrogen (secondary N) is 1. The number of aromatic amines is 1. The van der Waals surface area contributed by atoms with Crippen LogP contribution in [0.1, 0.15) is 11.3 Å². The van der Waals surface area contributed by atoms with Gasteiger partial charge in [-0.1, -0.05) is 30.3 Å². The minimum absolute atomic E-state index is 0.0983. The average molecular weight is 327 g/mol. The van der Waals surface area contributed by atoms with Gasteiger partial charge in [-0.25, -0.2) is 4.98 Å². The van der Waals surface area contributed by atoms with Crippen molar-refractivity contribution in [2.24, 2.45) is 0 Å². The van der Waals surface area contributed by atoms with Crippen LogP contribution in [0.3, 0.4) is 0 Å². The molecule has 3 rings (SSSR count). The fraction of sp³-hybridized carbons (Fsp3) is 0.333. The Hall–Kier alpha value is -2.44. The molecule has 1 aromatic carbocycles. The van der Waals surface area contributed by atoms with Crippen molar-refractivity contribution in [3.8, 4) is 0 Å². The number of hydrogen-bond donors (Lipinski definition) is 2. The van der Waals surface area contributed by atoms with Crippen molar-refractivity contribution in [2.45, 2.75) is 12.0 Å². The van der Waals surface area contributed by atoms with Crippen molar-refractivity contribution in [3.05, 3.63) is 60.2 Å². The predicted octanol–water partition coefficient (Wildman–Crippen LogP) is 1.26. The SMILES string of the molecule is O=C(/C=C/c1cnc[nH]1)N1CCO[C@](CO)(Cc2ccccc2)C1. The molecule has 1 atom stereocenters. The Morgan fingerprint density at radius 3 is 2.96 bits per heavy atom. The van der Waals surface area contributed by atoms with E-state index in [1.807, 2.05) is 30.3 Å². The Morgan fingerprint density at radius 1 is 1.42 bits per heavy atom. The van der Waals surface area contributed by atoms with Gasteiger partial charge >= 0.3 is 0 Å². The third kappa shape index (κ3) is 3.90. The number of aromatic nitrogens is 2. The standard InChI is InChI=1S/C18H21N3O3/c22-13-18(10-15-4-2-1-3-5-15)12-21(8-9-24-18)17(23)7-6-16-11-19-14-20-16/h1-7,11,14,22H,8-10,12-13H2,(H,19,20)/b7-6+/t18-/m1/s1. The molecule has 6 heteroatoms. The first-order valence-electron chi connectivity index (χ1n) is 7.95. The highest BCUT2D eigenvalue weighted by Gasteiger charge is 2.37. The highest BCUT2D eigenvalue weighted by Crippen LogP contribution is 2.23. The quantitative estimate of drug-likeness (QED) is 0.810. The first-order valence-corrected chi connectivity index (χ1v) is 7.95. The maximum absolute atomic E-state index is 12.4. The van der Waals surface area contributed by atoms with Crippen LogP contribution in [0, 0.1) is 0 Å². The van der Waals surface area contributed by atoms with Crippen molar-refractivity contribution in [1.82, 2.24) is 14.9 Å². The van der Waals surface area contributed by atoms with Gasteiger partial charge in [-0.05, 0) is 11.6 Å². The van der Waals surface area contributed by atoms with Crippen LogP contribution < -0.4 is 0 Å². The molecule has 0 unspecified atom stereocenters. The summed E-state index contributed by atoms with van der Waals surface area (Å²) < 4.78 is 5.87. The van der Waals surface area contributed by atoms with E-state index in [0.717, 1.165) is 11.3 Å². The Labute approximate surface area is 140 Å². The summed E-state index contributed by atoms with van der Waals surface area (Å²) in [5.41, 5.74) is 1.10. The minimum atomic E-state index is -0.753. The zero-order valence-electron chi connectivity index (χ0n) is 13.4. The molecule has 1 amide bonds. The molecule has 2 aromatic rings. The normalized spacial score (nSPS) is 21.3. The number of ether oxygens (including phenoxy) is 1. The molecular weight excluding hydrogens is 306 g/mol. The summed E-state index contributed by atoms with van der Waals surface area (Å²) in [6.45, 7) is 1.17. The first kappa shape index (κ1) is 16.4. The van der Waals surface area contributed by atoms with Crippen molar-refractivity contribution in [2.75, 3.05) is 26.3 Å². The number of aliphatic hydroxyl groups is 1. The first-order chi connectivity index (χ1) is 11.7. The molecule has 0 spiro atoms. The molecular formula is C18H21N3O3. The van der Waals surface area contributed by atoms with Crippen molar-refractivity contribution < 1.29 is 14.6 Å². The van der Waals surface area contributed by atoms with Crippen molar-refractivity contribution >= 4 is 12.0 Å². The molecule has 0 radical (unpaired) electrons. The lowest BCUT2D eigenvalue weighted by Gasteiger charge is -2.41. The summed E-state index contributed by atoms with van der Waals surface area (Å²) in [7, 11) is 0. The van der Waals surface area contributed by atoms with E-state index in [-0.39, 0.29) is 12.5 Å². The summed E-state index contributed by atoms with van der Waals surface area (Å²) in [6.07, 6.45) is 7.00. The van der Waals surface area contributed by atoms with Gasteiger partial charge in [0.2, 0.25) is 5.91 Å². The Bertz CT molecular complexity index is 685. The number of aliphatic hydroxyl groups excluding tert-OH is 1. The van der Waals surface area contributed by atoms with Gasteiger partial charge in [0.25, 0.3) is 0 Å². The third-order valence-electron chi connectivity index (χ3n) is 4.14. The number of carbonyl (C=O) groups excluding carboxylic acids is 1. The van der Waals surface area contributed by atoms with Crippen LogP contribution in [-0.4, -0.2) is 57.8 Å². The van der Waals surface area contributed by atoms with Crippen LogP contribution in [0.4, 0.5) is 0 Å². The summed E-state index contributed by atoms with van der Waals surface area (Å²) >= 11 is 0. The van der Waals surface area contributed by atoms with Gasteiger partial charge in [0.1, 0.15) is 5.60 Å². The molecule has 24 heavy (non-hydrogen) atoms. The van der Waals surface area contributed by atoms with Crippen LogP contribution in [-0.2, 0) is 16.0 Å². The lowest BCUT2D eigenvalue weighted by molar-refractivity contribution is -0.153. The van der Waals surface area contributed by atoms with E-state index in [9.17, 15) is 9.90 Å². The highest BCUT2D eigenvalue weighted by molar-refractivity contribution is 5.91. The highest BCUT2D eigenvalue weighted by atomic mass is 16.5. The Balaban J connectivity index is 1.68. The van der Waals surface area contributed by atoms with E-state index in [1.54, 1.807) is 23.5 Å². The lowest BCUT2D eigenvalue weighted by atomic mass is 9.93. The largest absolute Gasteiger partial charge is 0.393 e. The smallest absolute Gasteiger partial charge is 0.246 e. The topological polar surface area (TPSA) is 78.5 Å². The van der Waals surface area contributed by atoms with E-state index in [1.165, 1.54) is 6.08 Å². The molecule has 1 aliphatic heterocycles. The van der Waals surface area contributed by atoms with E-state index in [4.69, 9.17) is 4.74 Å². The Morgan fingerprint density at radius 2 is 2.25 bits per heavy atom. The molecule has 0 saturated carbocycles. The fourth-order valence-corrected chi connectivity index (χ4v) is 2.88. The minimum Gasteiger partial charge on any atom is -0.393 e. The van der Waals surface area contributed by atoms with Crippen LogP contribution >= 0.6 is 0 Å². The number of nitrogens with zero attached hydrogens (tertiary/aromatic N) is 2. The second-order valence-electron chi connectivity index (χ2n) is 5.95. The number of hydrogen-bond acceptors (Lipinski definition) is 4. The monoisotopic (exact) mass is 327 g/mol. The van der Waals surface area contributed by atoms with E-state index in [2.05, 4.69) is 9.97 Å². The number of H-pyrrole nitrogens is 1. The zero-order valence-corrected chi connectivity index (χ0v) is 13.4. The van der Waals surface area contributed by atoms with E-state index >= 15 is 0 Å². The molecule has 0 bridgehead atoms. The summed E-state index contributed by atoms with van der Waals surface area (Å²) in [4.78, 5) is 21.0. The zero-order chi connectivity index (χ0) is 16.8. The molecule has 126 valence electrons. The molecule has 1 fully saturated rings. The molecule has 1 aliphatic rings. The average Bonchev–Trinajstić information content (AvgIpc) is 3.14. The molecule has 2 heterocycles. The number of rotatable bonds is 5. The van der Waals surface area contributed by atoms with Crippen LogP contribution in [0.5, 0.6) is 0 Å². The van der Waals surface area contributed by atoms with Gasteiger partial charge in [0.05, 0.1) is 38.0 Å². The van der Waals surface area contributed by atoms with Gasteiger partial charge in [0, 0.05) is 19.0 Å². The van der Waals surface area contributed by atoms with Gasteiger partial charge in [-0.3, -0.25) is 4.79 Å². The van der Waals surface area contributed by atoms with E-state index < -0.39 is 5.60 Å². The van der Waals surface area contributed by atoms with Gasteiger partial charge in [-0.2, -0.15) is 0 Å². The number of benzene rings is 1.